The molecule has 0 bridgehead atoms. The van der Waals surface area contributed by atoms with Crippen molar-refractivity contribution < 1.29 is 9.53 Å². The lowest BCUT2D eigenvalue weighted by Gasteiger charge is -2.21. The van der Waals surface area contributed by atoms with Gasteiger partial charge in [0.05, 0.1) is 19.8 Å². The first kappa shape index (κ1) is 19.0. The van der Waals surface area contributed by atoms with Gasteiger partial charge < -0.3 is 20.7 Å². The quantitative estimate of drug-likeness (QED) is 0.402. The van der Waals surface area contributed by atoms with E-state index in [2.05, 4.69) is 20.9 Å². The lowest BCUT2D eigenvalue weighted by Crippen LogP contribution is -2.48. The van der Waals surface area contributed by atoms with Crippen LogP contribution < -0.4 is 16.0 Å². The van der Waals surface area contributed by atoms with Crippen LogP contribution in [0.5, 0.6) is 0 Å². The number of hydrogen-bond acceptors (Lipinski definition) is 3. The van der Waals surface area contributed by atoms with Gasteiger partial charge in [0.25, 0.3) is 0 Å². The van der Waals surface area contributed by atoms with Crippen LogP contribution >= 0.6 is 0 Å². The van der Waals surface area contributed by atoms with E-state index in [1.807, 2.05) is 51.1 Å². The molecule has 0 fully saturated rings. The summed E-state index contributed by atoms with van der Waals surface area (Å²) in [6.45, 7) is 7.79. The molecule has 1 rings (SSSR count). The molecule has 1 amide bonds. The number of carbonyl (C=O) groups excluding carboxylic acids is 1. The van der Waals surface area contributed by atoms with Crippen molar-refractivity contribution in [2.75, 3.05) is 26.7 Å². The molecule has 0 saturated carbocycles. The van der Waals surface area contributed by atoms with Crippen LogP contribution in [0.25, 0.3) is 0 Å². The molecular weight excluding hydrogens is 292 g/mol. The molecule has 0 unspecified atom stereocenters. The van der Waals surface area contributed by atoms with Gasteiger partial charge in [-0.1, -0.05) is 30.3 Å². The van der Waals surface area contributed by atoms with Crippen LogP contribution in [-0.2, 0) is 16.1 Å². The third-order valence-corrected chi connectivity index (χ3v) is 2.80. The van der Waals surface area contributed by atoms with E-state index >= 15 is 0 Å². The maximum Gasteiger partial charge on any atom is 0.239 e. The van der Waals surface area contributed by atoms with Gasteiger partial charge in [-0.25, -0.2) is 0 Å². The van der Waals surface area contributed by atoms with Crippen molar-refractivity contribution >= 4 is 11.9 Å². The van der Waals surface area contributed by atoms with Crippen LogP contribution in [-0.4, -0.2) is 44.1 Å². The van der Waals surface area contributed by atoms with E-state index < -0.39 is 0 Å². The van der Waals surface area contributed by atoms with Gasteiger partial charge in [0.2, 0.25) is 5.91 Å². The number of nitrogens with zero attached hydrogens (tertiary/aromatic N) is 1. The Morgan fingerprint density at radius 2 is 1.87 bits per heavy atom. The Kier molecular flexibility index (Phi) is 8.11. The minimum absolute atomic E-state index is 0.0687. The fourth-order valence-electron chi connectivity index (χ4n) is 1.85. The zero-order chi connectivity index (χ0) is 17.1. The van der Waals surface area contributed by atoms with Gasteiger partial charge in [0.15, 0.2) is 5.96 Å². The van der Waals surface area contributed by atoms with Gasteiger partial charge >= 0.3 is 0 Å². The van der Waals surface area contributed by atoms with Crippen molar-refractivity contribution in [3.8, 4) is 0 Å². The van der Waals surface area contributed by atoms with Gasteiger partial charge in [0.1, 0.15) is 0 Å². The molecule has 1 aromatic rings. The van der Waals surface area contributed by atoms with Gasteiger partial charge in [-0.3, -0.25) is 9.79 Å². The maximum atomic E-state index is 11.7. The third-order valence-electron chi connectivity index (χ3n) is 2.80. The second-order valence-electron chi connectivity index (χ2n) is 6.19. The monoisotopic (exact) mass is 320 g/mol. The molecule has 1 aromatic carbocycles. The zero-order valence-electron chi connectivity index (χ0n) is 14.5. The molecule has 6 heteroatoms. The van der Waals surface area contributed by atoms with Crippen LogP contribution in [0.2, 0.25) is 0 Å². The molecule has 0 heterocycles. The highest BCUT2D eigenvalue weighted by Crippen LogP contribution is 1.99. The number of benzene rings is 1. The first-order valence-electron chi connectivity index (χ1n) is 7.78. The van der Waals surface area contributed by atoms with Crippen molar-refractivity contribution in [3.05, 3.63) is 35.9 Å². The van der Waals surface area contributed by atoms with Crippen molar-refractivity contribution in [2.24, 2.45) is 4.99 Å². The summed E-state index contributed by atoms with van der Waals surface area (Å²) in [5.41, 5.74) is 0.912. The van der Waals surface area contributed by atoms with E-state index in [1.54, 1.807) is 7.05 Å². The lowest BCUT2D eigenvalue weighted by molar-refractivity contribution is -0.121. The molecule has 3 N–H and O–H groups in total. The number of hydrogen-bond donors (Lipinski definition) is 3. The summed E-state index contributed by atoms with van der Waals surface area (Å²) in [7, 11) is 1.67. The SMILES string of the molecule is CN=C(NCCOCc1ccccc1)NCC(=O)NC(C)(C)C. The van der Waals surface area contributed by atoms with Gasteiger partial charge in [-0.2, -0.15) is 0 Å². The molecule has 0 aliphatic heterocycles. The van der Waals surface area contributed by atoms with Crippen LogP contribution in [0.4, 0.5) is 0 Å². The summed E-state index contributed by atoms with van der Waals surface area (Å²) < 4.78 is 5.58. The molecule has 0 spiro atoms. The van der Waals surface area contributed by atoms with Gasteiger partial charge in [-0.05, 0) is 26.3 Å². The normalized spacial score (nSPS) is 11.9. The number of carbonyl (C=O) groups is 1. The lowest BCUT2D eigenvalue weighted by atomic mass is 10.1. The van der Waals surface area contributed by atoms with Crippen LogP contribution in [0.15, 0.2) is 35.3 Å². The number of nitrogens with one attached hydrogen (secondary N) is 3. The molecule has 0 aliphatic rings. The molecule has 0 saturated heterocycles. The predicted octanol–water partition coefficient (Wildman–Crippen LogP) is 1.28. The Bertz CT molecular complexity index is 495. The highest BCUT2D eigenvalue weighted by molar-refractivity contribution is 5.86. The van der Waals surface area contributed by atoms with E-state index in [0.717, 1.165) is 5.56 Å². The number of aliphatic imine (C=N–C) groups is 1. The van der Waals surface area contributed by atoms with Gasteiger partial charge in [0, 0.05) is 19.1 Å². The van der Waals surface area contributed by atoms with E-state index in [1.165, 1.54) is 0 Å². The Labute approximate surface area is 138 Å². The predicted molar refractivity (Wildman–Crippen MR) is 93.4 cm³/mol. The van der Waals surface area contributed by atoms with Crippen LogP contribution in [0.1, 0.15) is 26.3 Å². The first-order valence-corrected chi connectivity index (χ1v) is 7.78. The van der Waals surface area contributed by atoms with Crippen molar-refractivity contribution in [2.45, 2.75) is 32.9 Å². The zero-order valence-corrected chi connectivity index (χ0v) is 14.5. The molecule has 128 valence electrons. The van der Waals surface area contributed by atoms with E-state index in [9.17, 15) is 4.79 Å². The largest absolute Gasteiger partial charge is 0.375 e. The molecular formula is C17H28N4O2. The number of rotatable bonds is 7. The molecule has 0 atom stereocenters. The average molecular weight is 320 g/mol. The maximum absolute atomic E-state index is 11.7. The topological polar surface area (TPSA) is 74.8 Å². The molecule has 23 heavy (non-hydrogen) atoms. The Balaban J connectivity index is 2.15. The first-order chi connectivity index (χ1) is 10.9. The van der Waals surface area contributed by atoms with E-state index in [4.69, 9.17) is 4.74 Å². The van der Waals surface area contributed by atoms with Crippen molar-refractivity contribution in [3.63, 3.8) is 0 Å². The number of guanidine groups is 1. The van der Waals surface area contributed by atoms with Crippen LogP contribution in [0.3, 0.4) is 0 Å². The van der Waals surface area contributed by atoms with Crippen molar-refractivity contribution in [1.82, 2.24) is 16.0 Å². The fraction of sp³-hybridized carbons (Fsp3) is 0.529. The Morgan fingerprint density at radius 3 is 2.48 bits per heavy atom. The Morgan fingerprint density at radius 1 is 1.17 bits per heavy atom. The summed E-state index contributed by atoms with van der Waals surface area (Å²) in [4.78, 5) is 15.8. The van der Waals surface area contributed by atoms with Crippen molar-refractivity contribution in [1.29, 1.82) is 0 Å². The third kappa shape index (κ3) is 9.52. The molecule has 0 aromatic heterocycles. The summed E-state index contributed by atoms with van der Waals surface area (Å²) in [5, 5.41) is 8.96. The summed E-state index contributed by atoms with van der Waals surface area (Å²) >= 11 is 0. The minimum atomic E-state index is -0.235. The highest BCUT2D eigenvalue weighted by atomic mass is 16.5. The molecule has 6 nitrogen and oxygen atoms in total. The minimum Gasteiger partial charge on any atom is -0.375 e. The molecule has 0 aliphatic carbocycles. The molecule has 0 radical (unpaired) electrons. The fourth-order valence-corrected chi connectivity index (χ4v) is 1.85. The Hall–Kier alpha value is -2.08. The summed E-state index contributed by atoms with van der Waals surface area (Å²) in [6.07, 6.45) is 0. The second-order valence-corrected chi connectivity index (χ2v) is 6.19. The summed E-state index contributed by atoms with van der Waals surface area (Å²) in [5.74, 6) is 0.512. The van der Waals surface area contributed by atoms with Crippen LogP contribution in [0, 0.1) is 0 Å². The smallest absolute Gasteiger partial charge is 0.239 e. The van der Waals surface area contributed by atoms with E-state index in [0.29, 0.717) is 25.7 Å². The average Bonchev–Trinajstić information content (AvgIpc) is 2.49. The standard InChI is InChI=1S/C17H28N4O2/c1-17(2,3)21-15(22)12-20-16(18-4)19-10-11-23-13-14-8-6-5-7-9-14/h5-9H,10-13H2,1-4H3,(H,21,22)(H2,18,19,20). The highest BCUT2D eigenvalue weighted by Gasteiger charge is 2.13. The number of amides is 1. The second kappa shape index (κ2) is 9.84. The summed E-state index contributed by atoms with van der Waals surface area (Å²) in [6, 6.07) is 10.0. The number of ether oxygens (including phenoxy) is 1. The van der Waals surface area contributed by atoms with E-state index in [-0.39, 0.29) is 18.0 Å². The van der Waals surface area contributed by atoms with Gasteiger partial charge in [-0.15, -0.1) is 0 Å².